The van der Waals surface area contributed by atoms with Gasteiger partial charge in [0.1, 0.15) is 5.82 Å². The zero-order valence-electron chi connectivity index (χ0n) is 9.23. The zero-order valence-corrected chi connectivity index (χ0v) is 10.0. The molecule has 0 radical (unpaired) electrons. The first kappa shape index (κ1) is 11.0. The van der Waals surface area contributed by atoms with Gasteiger partial charge in [-0.1, -0.05) is 12.1 Å². The predicted molar refractivity (Wildman–Crippen MR) is 59.5 cm³/mol. The van der Waals surface area contributed by atoms with Crippen molar-refractivity contribution in [2.45, 2.75) is 33.2 Å². The molecule has 0 atom stereocenters. The lowest BCUT2D eigenvalue weighted by atomic mass is 10.4. The van der Waals surface area contributed by atoms with Gasteiger partial charge < -0.3 is 9.09 Å². The Hall–Kier alpha value is -1.50. The van der Waals surface area contributed by atoms with Crippen molar-refractivity contribution in [2.75, 3.05) is 0 Å². The van der Waals surface area contributed by atoms with Crippen molar-refractivity contribution < 1.29 is 4.52 Å². The largest absolute Gasteiger partial charge is 0.340 e. The highest BCUT2D eigenvalue weighted by atomic mass is 32.1. The first-order chi connectivity index (χ1) is 7.70. The van der Waals surface area contributed by atoms with Gasteiger partial charge in [0.25, 0.3) is 0 Å². The lowest BCUT2D eigenvalue weighted by molar-refractivity contribution is 0.386. The van der Waals surface area contributed by atoms with Crippen LogP contribution >= 0.6 is 12.2 Å². The van der Waals surface area contributed by atoms with Crippen LogP contribution in [0.15, 0.2) is 4.52 Å². The monoisotopic (exact) mass is 239 g/mol. The number of hydrogen-bond acceptors (Lipinski definition) is 5. The molecule has 7 heteroatoms. The fourth-order valence-electron chi connectivity index (χ4n) is 1.51. The minimum atomic E-state index is 0.585. The maximum atomic E-state index is 5.14. The topological polar surface area (TPSA) is 72.5 Å². The average molecular weight is 239 g/mol. The van der Waals surface area contributed by atoms with E-state index in [9.17, 15) is 0 Å². The van der Waals surface area contributed by atoms with E-state index in [1.54, 1.807) is 6.92 Å². The second-order valence-corrected chi connectivity index (χ2v) is 3.82. The molecule has 2 rings (SSSR count). The Kier molecular flexibility index (Phi) is 3.14. The van der Waals surface area contributed by atoms with Gasteiger partial charge in [0.05, 0.1) is 0 Å². The van der Waals surface area contributed by atoms with Crippen molar-refractivity contribution in [3.8, 4) is 0 Å². The van der Waals surface area contributed by atoms with Gasteiger partial charge in [0.2, 0.25) is 5.89 Å². The molecule has 2 aromatic rings. The summed E-state index contributed by atoms with van der Waals surface area (Å²) in [6.45, 7) is 4.54. The lowest BCUT2D eigenvalue weighted by Crippen LogP contribution is -2.06. The molecule has 0 aliphatic heterocycles. The fraction of sp³-hybridized carbons (Fsp3) is 0.556. The van der Waals surface area contributed by atoms with Gasteiger partial charge in [-0.3, -0.25) is 5.10 Å². The summed E-state index contributed by atoms with van der Waals surface area (Å²) in [6.07, 6.45) is 1.54. The van der Waals surface area contributed by atoms with Crippen LogP contribution in [-0.4, -0.2) is 24.9 Å². The van der Waals surface area contributed by atoms with E-state index < -0.39 is 0 Å². The third-order valence-corrected chi connectivity index (χ3v) is 2.59. The molecule has 0 aliphatic rings. The molecular weight excluding hydrogens is 226 g/mol. The van der Waals surface area contributed by atoms with Crippen LogP contribution in [0.2, 0.25) is 0 Å². The van der Waals surface area contributed by atoms with Crippen LogP contribution in [0.5, 0.6) is 0 Å². The van der Waals surface area contributed by atoms with Gasteiger partial charge in [-0.2, -0.15) is 10.1 Å². The van der Waals surface area contributed by atoms with Crippen LogP contribution in [0.25, 0.3) is 0 Å². The van der Waals surface area contributed by atoms with Crippen LogP contribution in [0.1, 0.15) is 24.5 Å². The summed E-state index contributed by atoms with van der Waals surface area (Å²) in [7, 11) is 0. The lowest BCUT2D eigenvalue weighted by Gasteiger charge is -2.02. The summed E-state index contributed by atoms with van der Waals surface area (Å²) >= 11 is 5.14. The number of aryl methyl sites for hydroxylation is 3. The van der Waals surface area contributed by atoms with E-state index in [4.69, 9.17) is 16.7 Å². The number of nitrogens with one attached hydrogen (secondary N) is 1. The average Bonchev–Trinajstić information content (AvgIpc) is 2.82. The van der Waals surface area contributed by atoms with E-state index >= 15 is 0 Å². The molecule has 16 heavy (non-hydrogen) atoms. The van der Waals surface area contributed by atoms with Gasteiger partial charge in [0.15, 0.2) is 10.6 Å². The Balaban J connectivity index is 2.09. The first-order valence-corrected chi connectivity index (χ1v) is 5.54. The quantitative estimate of drug-likeness (QED) is 0.817. The summed E-state index contributed by atoms with van der Waals surface area (Å²) in [5, 5.41) is 10.8. The summed E-state index contributed by atoms with van der Waals surface area (Å²) in [5.41, 5.74) is 0. The van der Waals surface area contributed by atoms with E-state index in [0.717, 1.165) is 18.8 Å². The highest BCUT2D eigenvalue weighted by molar-refractivity contribution is 7.71. The molecule has 0 aromatic carbocycles. The van der Waals surface area contributed by atoms with Crippen molar-refractivity contribution in [3.63, 3.8) is 0 Å². The second kappa shape index (κ2) is 4.56. The van der Waals surface area contributed by atoms with Crippen molar-refractivity contribution in [1.29, 1.82) is 0 Å². The highest BCUT2D eigenvalue weighted by Crippen LogP contribution is 2.03. The summed E-state index contributed by atoms with van der Waals surface area (Å²) in [4.78, 5) is 4.14. The fourth-order valence-corrected chi connectivity index (χ4v) is 1.75. The van der Waals surface area contributed by atoms with Gasteiger partial charge in [-0.05, 0) is 12.2 Å². The molecule has 0 fully saturated rings. The van der Waals surface area contributed by atoms with Crippen molar-refractivity contribution >= 4 is 12.2 Å². The Morgan fingerprint density at radius 2 is 2.31 bits per heavy atom. The van der Waals surface area contributed by atoms with E-state index in [0.29, 0.717) is 22.9 Å². The summed E-state index contributed by atoms with van der Waals surface area (Å²) < 4.78 is 7.50. The molecule has 0 aliphatic carbocycles. The molecule has 2 heterocycles. The summed E-state index contributed by atoms with van der Waals surface area (Å²) in [6, 6.07) is 0. The van der Waals surface area contributed by atoms with E-state index in [1.165, 1.54) is 0 Å². The zero-order chi connectivity index (χ0) is 11.5. The molecular formula is C9H13N5OS. The normalized spacial score (nSPS) is 10.9. The smallest absolute Gasteiger partial charge is 0.223 e. The minimum absolute atomic E-state index is 0.585. The molecule has 0 amide bonds. The number of nitrogens with zero attached hydrogens (tertiary/aromatic N) is 4. The highest BCUT2D eigenvalue weighted by Gasteiger charge is 2.06. The number of hydrogen-bond donors (Lipinski definition) is 1. The van der Waals surface area contributed by atoms with E-state index in [1.807, 2.05) is 11.5 Å². The maximum absolute atomic E-state index is 5.14. The first-order valence-electron chi connectivity index (χ1n) is 5.14. The Morgan fingerprint density at radius 1 is 1.50 bits per heavy atom. The van der Waals surface area contributed by atoms with Crippen LogP contribution in [0, 0.1) is 11.7 Å². The minimum Gasteiger partial charge on any atom is -0.340 e. The third-order valence-electron chi connectivity index (χ3n) is 2.28. The molecule has 1 N–H and O–H groups in total. The maximum Gasteiger partial charge on any atom is 0.223 e. The van der Waals surface area contributed by atoms with Crippen LogP contribution in [0.3, 0.4) is 0 Å². The number of rotatable bonds is 4. The van der Waals surface area contributed by atoms with E-state index in [2.05, 4.69) is 20.3 Å². The number of H-pyrrole nitrogens is 1. The van der Waals surface area contributed by atoms with Gasteiger partial charge in [-0.15, -0.1) is 0 Å². The Labute approximate surface area is 97.7 Å². The van der Waals surface area contributed by atoms with Crippen molar-refractivity contribution in [3.05, 3.63) is 22.3 Å². The molecule has 2 aromatic heterocycles. The van der Waals surface area contributed by atoms with Crippen molar-refractivity contribution in [1.82, 2.24) is 24.9 Å². The van der Waals surface area contributed by atoms with Crippen molar-refractivity contribution in [2.24, 2.45) is 0 Å². The predicted octanol–water partition coefficient (Wildman–Crippen LogP) is 1.44. The molecule has 0 unspecified atom stereocenters. The molecule has 0 spiro atoms. The van der Waals surface area contributed by atoms with Crippen LogP contribution < -0.4 is 0 Å². The standard InChI is InChI=1S/C9H13N5OS/c1-3-8-11-12-9(16)14(8)5-4-7-10-6(2)15-13-7/h3-5H2,1-2H3,(H,12,16). The van der Waals surface area contributed by atoms with Gasteiger partial charge in [-0.25, -0.2) is 0 Å². The number of aromatic nitrogens is 5. The Bertz CT molecular complexity index is 526. The van der Waals surface area contributed by atoms with Crippen LogP contribution in [0.4, 0.5) is 0 Å². The second-order valence-electron chi connectivity index (χ2n) is 3.43. The number of aromatic amines is 1. The molecule has 6 nitrogen and oxygen atoms in total. The molecule has 0 saturated heterocycles. The third kappa shape index (κ3) is 2.19. The Morgan fingerprint density at radius 3 is 2.94 bits per heavy atom. The van der Waals surface area contributed by atoms with Gasteiger partial charge >= 0.3 is 0 Å². The van der Waals surface area contributed by atoms with Gasteiger partial charge in [0, 0.05) is 26.3 Å². The van der Waals surface area contributed by atoms with Crippen LogP contribution in [-0.2, 0) is 19.4 Å². The molecule has 0 saturated carbocycles. The molecule has 0 bridgehead atoms. The van der Waals surface area contributed by atoms with E-state index in [-0.39, 0.29) is 0 Å². The molecule has 86 valence electrons. The summed E-state index contributed by atoms with van der Waals surface area (Å²) in [5.74, 6) is 2.23. The SMILES string of the molecule is CCc1n[nH]c(=S)n1CCc1noc(C)n1.